The van der Waals surface area contributed by atoms with Crippen molar-refractivity contribution in [3.8, 4) is 11.5 Å². The van der Waals surface area contributed by atoms with Crippen LogP contribution in [-0.4, -0.2) is 37.8 Å². The van der Waals surface area contributed by atoms with Gasteiger partial charge in [-0.15, -0.1) is 0 Å². The molecule has 0 aliphatic carbocycles. The standard InChI is InChI=1S/C13H17NO4/c1-16-11-3-5-12(6-4-11)17-10-7-13(15)14-8-2-9-18-14/h3-6H,2,7-10H2,1H3. The molecule has 5 heteroatoms. The predicted octanol–water partition coefficient (Wildman–Crippen LogP) is 1.63. The molecule has 1 aliphatic rings. The minimum absolute atomic E-state index is 0.0268. The van der Waals surface area contributed by atoms with Gasteiger partial charge in [-0.2, -0.15) is 0 Å². The van der Waals surface area contributed by atoms with Gasteiger partial charge in [-0.1, -0.05) is 0 Å². The summed E-state index contributed by atoms with van der Waals surface area (Å²) in [5.74, 6) is 1.48. The quantitative estimate of drug-likeness (QED) is 0.798. The fraction of sp³-hybridized carbons (Fsp3) is 0.462. The first-order valence-corrected chi connectivity index (χ1v) is 6.00. The summed E-state index contributed by atoms with van der Waals surface area (Å²) in [4.78, 5) is 16.8. The molecule has 0 N–H and O–H groups in total. The van der Waals surface area contributed by atoms with E-state index in [1.807, 2.05) is 24.3 Å². The minimum atomic E-state index is -0.0268. The normalized spacial score (nSPS) is 14.6. The van der Waals surface area contributed by atoms with Crippen molar-refractivity contribution in [2.45, 2.75) is 12.8 Å². The van der Waals surface area contributed by atoms with E-state index in [1.165, 1.54) is 5.06 Å². The molecule has 0 aromatic heterocycles. The zero-order valence-corrected chi connectivity index (χ0v) is 10.4. The summed E-state index contributed by atoms with van der Waals surface area (Å²) < 4.78 is 10.5. The van der Waals surface area contributed by atoms with E-state index in [0.29, 0.717) is 26.2 Å². The number of benzene rings is 1. The molecule has 0 bridgehead atoms. The van der Waals surface area contributed by atoms with E-state index in [9.17, 15) is 4.79 Å². The Hall–Kier alpha value is -1.75. The van der Waals surface area contributed by atoms with Crippen molar-refractivity contribution >= 4 is 5.91 Å². The molecular formula is C13H17NO4. The molecule has 1 aromatic carbocycles. The highest BCUT2D eigenvalue weighted by Gasteiger charge is 2.18. The predicted molar refractivity (Wildman–Crippen MR) is 65.4 cm³/mol. The average Bonchev–Trinajstić information content (AvgIpc) is 2.93. The van der Waals surface area contributed by atoms with Crippen molar-refractivity contribution in [3.63, 3.8) is 0 Å². The van der Waals surface area contributed by atoms with Gasteiger partial charge in [0.2, 0.25) is 5.91 Å². The molecule has 1 aromatic rings. The summed E-state index contributed by atoms with van der Waals surface area (Å²) in [6.45, 7) is 1.66. The van der Waals surface area contributed by atoms with Crippen LogP contribution >= 0.6 is 0 Å². The number of nitrogens with zero attached hydrogens (tertiary/aromatic N) is 1. The van der Waals surface area contributed by atoms with Crippen LogP contribution in [-0.2, 0) is 9.63 Å². The van der Waals surface area contributed by atoms with Crippen LogP contribution in [0.4, 0.5) is 0 Å². The molecule has 1 fully saturated rings. The number of methoxy groups -OCH3 is 1. The van der Waals surface area contributed by atoms with Gasteiger partial charge >= 0.3 is 0 Å². The first kappa shape index (κ1) is 12.7. The summed E-state index contributed by atoms with van der Waals surface area (Å²) in [7, 11) is 1.62. The van der Waals surface area contributed by atoms with Crippen LogP contribution in [0.25, 0.3) is 0 Å². The van der Waals surface area contributed by atoms with Gasteiger partial charge in [0, 0.05) is 0 Å². The molecule has 1 amide bonds. The second-order valence-corrected chi connectivity index (χ2v) is 3.96. The largest absolute Gasteiger partial charge is 0.497 e. The van der Waals surface area contributed by atoms with E-state index >= 15 is 0 Å². The van der Waals surface area contributed by atoms with Crippen molar-refractivity contribution in [2.75, 3.05) is 26.9 Å². The van der Waals surface area contributed by atoms with Crippen LogP contribution in [0.1, 0.15) is 12.8 Å². The summed E-state index contributed by atoms with van der Waals surface area (Å²) in [5.41, 5.74) is 0. The number of amides is 1. The maximum atomic E-state index is 11.6. The Labute approximate surface area is 106 Å². The zero-order chi connectivity index (χ0) is 12.8. The van der Waals surface area contributed by atoms with E-state index < -0.39 is 0 Å². The molecule has 1 saturated heterocycles. The second kappa shape index (κ2) is 6.26. The monoisotopic (exact) mass is 251 g/mol. The highest BCUT2D eigenvalue weighted by Crippen LogP contribution is 2.17. The highest BCUT2D eigenvalue weighted by molar-refractivity contribution is 5.75. The van der Waals surface area contributed by atoms with Gasteiger partial charge in [-0.05, 0) is 30.7 Å². The van der Waals surface area contributed by atoms with Crippen molar-refractivity contribution in [2.24, 2.45) is 0 Å². The van der Waals surface area contributed by atoms with Crippen LogP contribution in [0.2, 0.25) is 0 Å². The number of carbonyl (C=O) groups excluding carboxylic acids is 1. The Morgan fingerprint density at radius 2 is 2.06 bits per heavy atom. The van der Waals surface area contributed by atoms with Gasteiger partial charge in [0.15, 0.2) is 0 Å². The van der Waals surface area contributed by atoms with E-state index in [1.54, 1.807) is 7.11 Å². The molecule has 0 radical (unpaired) electrons. The van der Waals surface area contributed by atoms with Gasteiger partial charge in [0.05, 0.1) is 33.3 Å². The van der Waals surface area contributed by atoms with Crippen molar-refractivity contribution < 1.29 is 19.1 Å². The maximum absolute atomic E-state index is 11.6. The summed E-state index contributed by atoms with van der Waals surface area (Å²) in [6, 6.07) is 7.27. The number of ether oxygens (including phenoxy) is 2. The van der Waals surface area contributed by atoms with Crippen LogP contribution in [0.5, 0.6) is 11.5 Å². The lowest BCUT2D eigenvalue weighted by Gasteiger charge is -2.13. The fourth-order valence-electron chi connectivity index (χ4n) is 1.70. The lowest BCUT2D eigenvalue weighted by molar-refractivity contribution is -0.169. The van der Waals surface area contributed by atoms with Crippen LogP contribution < -0.4 is 9.47 Å². The lowest BCUT2D eigenvalue weighted by atomic mass is 10.3. The van der Waals surface area contributed by atoms with Crippen molar-refractivity contribution in [1.29, 1.82) is 0 Å². The van der Waals surface area contributed by atoms with Crippen LogP contribution in [0.3, 0.4) is 0 Å². The summed E-state index contributed by atoms with van der Waals surface area (Å²) in [5, 5.41) is 1.41. The van der Waals surface area contributed by atoms with Gasteiger partial charge in [0.25, 0.3) is 0 Å². The minimum Gasteiger partial charge on any atom is -0.497 e. The molecule has 1 heterocycles. The molecule has 5 nitrogen and oxygen atoms in total. The Bertz CT molecular complexity index is 384. The lowest BCUT2D eigenvalue weighted by Crippen LogP contribution is -2.27. The second-order valence-electron chi connectivity index (χ2n) is 3.96. The Kier molecular flexibility index (Phi) is 4.41. The third-order valence-electron chi connectivity index (χ3n) is 2.67. The van der Waals surface area contributed by atoms with Crippen LogP contribution in [0, 0.1) is 0 Å². The Morgan fingerprint density at radius 3 is 2.67 bits per heavy atom. The van der Waals surface area contributed by atoms with Crippen molar-refractivity contribution in [1.82, 2.24) is 5.06 Å². The molecule has 2 rings (SSSR count). The van der Waals surface area contributed by atoms with Gasteiger partial charge in [-0.3, -0.25) is 9.63 Å². The third-order valence-corrected chi connectivity index (χ3v) is 2.67. The van der Waals surface area contributed by atoms with E-state index in [0.717, 1.165) is 17.9 Å². The van der Waals surface area contributed by atoms with Gasteiger partial charge in [0.1, 0.15) is 11.5 Å². The summed E-state index contributed by atoms with van der Waals surface area (Å²) >= 11 is 0. The van der Waals surface area contributed by atoms with Crippen LogP contribution in [0.15, 0.2) is 24.3 Å². The number of hydrogen-bond acceptors (Lipinski definition) is 4. The number of hydrogen-bond donors (Lipinski definition) is 0. The topological polar surface area (TPSA) is 48.0 Å². The molecular weight excluding hydrogens is 234 g/mol. The molecule has 98 valence electrons. The average molecular weight is 251 g/mol. The molecule has 1 aliphatic heterocycles. The number of hydroxylamine groups is 2. The first-order chi connectivity index (χ1) is 8.79. The van der Waals surface area contributed by atoms with E-state index in [4.69, 9.17) is 14.3 Å². The number of rotatable bonds is 5. The fourth-order valence-corrected chi connectivity index (χ4v) is 1.70. The molecule has 0 atom stereocenters. The molecule has 18 heavy (non-hydrogen) atoms. The smallest absolute Gasteiger partial charge is 0.249 e. The maximum Gasteiger partial charge on any atom is 0.249 e. The van der Waals surface area contributed by atoms with Gasteiger partial charge < -0.3 is 9.47 Å². The number of carbonyl (C=O) groups is 1. The van der Waals surface area contributed by atoms with E-state index in [-0.39, 0.29) is 5.91 Å². The first-order valence-electron chi connectivity index (χ1n) is 6.00. The highest BCUT2D eigenvalue weighted by atomic mass is 16.7. The molecule has 0 unspecified atom stereocenters. The Morgan fingerprint density at radius 1 is 1.33 bits per heavy atom. The molecule has 0 spiro atoms. The SMILES string of the molecule is COc1ccc(OCCC(=O)N2CCCO2)cc1. The third kappa shape index (κ3) is 3.37. The van der Waals surface area contributed by atoms with Gasteiger partial charge in [-0.25, -0.2) is 5.06 Å². The van der Waals surface area contributed by atoms with E-state index in [2.05, 4.69) is 0 Å². The van der Waals surface area contributed by atoms with Crippen molar-refractivity contribution in [3.05, 3.63) is 24.3 Å². The summed E-state index contributed by atoms with van der Waals surface area (Å²) in [6.07, 6.45) is 1.23. The zero-order valence-electron chi connectivity index (χ0n) is 10.4. The molecule has 0 saturated carbocycles. The Balaban J connectivity index is 1.72.